The van der Waals surface area contributed by atoms with Gasteiger partial charge >= 0.3 is 0 Å². The second-order valence-corrected chi connectivity index (χ2v) is 4.61. The Kier molecular flexibility index (Phi) is 3.34. The average molecular weight is 256 g/mol. The molecule has 3 rings (SSSR count). The van der Waals surface area contributed by atoms with Crippen molar-refractivity contribution < 1.29 is 14.6 Å². The van der Waals surface area contributed by atoms with E-state index in [1.807, 2.05) is 60.7 Å². The molecule has 1 N–H and O–H groups in total. The largest absolute Gasteiger partial charge is 0.390 e. The summed E-state index contributed by atoms with van der Waals surface area (Å²) in [6, 6.07) is 19.5. The normalized spacial score (nSPS) is 26.5. The lowest BCUT2D eigenvalue weighted by Crippen LogP contribution is -2.31. The fraction of sp³-hybridized carbons (Fsp3) is 0.250. The van der Waals surface area contributed by atoms with Crippen molar-refractivity contribution in [3.63, 3.8) is 0 Å². The molecule has 3 nitrogen and oxygen atoms in total. The monoisotopic (exact) mass is 256 g/mol. The summed E-state index contributed by atoms with van der Waals surface area (Å²) in [5.41, 5.74) is 1.91. The highest BCUT2D eigenvalue weighted by Gasteiger charge is 2.43. The Labute approximate surface area is 112 Å². The van der Waals surface area contributed by atoms with Crippen molar-refractivity contribution in [1.29, 1.82) is 0 Å². The van der Waals surface area contributed by atoms with Gasteiger partial charge in [-0.1, -0.05) is 60.7 Å². The van der Waals surface area contributed by atoms with Crippen LogP contribution in [-0.4, -0.2) is 18.3 Å². The molecule has 0 spiro atoms. The molecule has 1 aliphatic rings. The molecule has 0 aliphatic carbocycles. The molecule has 0 amide bonds. The summed E-state index contributed by atoms with van der Waals surface area (Å²) in [4.78, 5) is 0. The maximum absolute atomic E-state index is 9.68. The predicted octanol–water partition coefficient (Wildman–Crippen LogP) is 2.62. The van der Waals surface area contributed by atoms with Crippen LogP contribution in [-0.2, 0) is 15.3 Å². The van der Waals surface area contributed by atoms with Crippen LogP contribution in [0.1, 0.15) is 17.2 Å². The van der Waals surface area contributed by atoms with Crippen LogP contribution in [0, 0.1) is 0 Å². The van der Waals surface area contributed by atoms with Gasteiger partial charge in [-0.2, -0.15) is 0 Å². The summed E-state index contributed by atoms with van der Waals surface area (Å²) in [7, 11) is 0. The lowest BCUT2D eigenvalue weighted by molar-refractivity contribution is -0.201. The van der Waals surface area contributed by atoms with Crippen molar-refractivity contribution in [2.75, 3.05) is 13.2 Å². The average Bonchev–Trinajstić information content (AvgIpc) is 2.95. The fourth-order valence-corrected chi connectivity index (χ4v) is 2.36. The van der Waals surface area contributed by atoms with Crippen molar-refractivity contribution in [3.05, 3.63) is 71.8 Å². The minimum Gasteiger partial charge on any atom is -0.390 e. The summed E-state index contributed by atoms with van der Waals surface area (Å²) < 4.78 is 11.8. The van der Waals surface area contributed by atoms with Crippen molar-refractivity contribution in [1.82, 2.24) is 0 Å². The maximum Gasteiger partial charge on any atom is 0.219 e. The third-order valence-electron chi connectivity index (χ3n) is 3.39. The van der Waals surface area contributed by atoms with Crippen molar-refractivity contribution in [3.8, 4) is 0 Å². The smallest absolute Gasteiger partial charge is 0.219 e. The lowest BCUT2D eigenvalue weighted by Gasteiger charge is -2.26. The van der Waals surface area contributed by atoms with Gasteiger partial charge in [-0.05, 0) is 5.56 Å². The van der Waals surface area contributed by atoms with E-state index < -0.39 is 5.79 Å². The molecule has 1 fully saturated rings. The number of hydrogen-bond donors (Lipinski definition) is 1. The molecule has 3 heteroatoms. The van der Waals surface area contributed by atoms with E-state index in [4.69, 9.17) is 9.47 Å². The second kappa shape index (κ2) is 5.13. The van der Waals surface area contributed by atoms with Crippen molar-refractivity contribution in [2.45, 2.75) is 11.9 Å². The SMILES string of the molecule is OCC1(c2ccccc2)OCC(c2ccccc2)O1. The standard InChI is InChI=1S/C16H16O3/c17-12-16(14-9-5-2-6-10-14)18-11-15(19-16)13-7-3-1-4-8-13/h1-10,15,17H,11-12H2. The van der Waals surface area contributed by atoms with Gasteiger partial charge < -0.3 is 14.6 Å². The van der Waals surface area contributed by atoms with Gasteiger partial charge in [0.15, 0.2) is 0 Å². The molecule has 1 saturated heterocycles. The molecule has 2 aromatic rings. The van der Waals surface area contributed by atoms with E-state index in [0.29, 0.717) is 6.61 Å². The quantitative estimate of drug-likeness (QED) is 0.917. The van der Waals surface area contributed by atoms with E-state index in [1.165, 1.54) is 0 Å². The fourth-order valence-electron chi connectivity index (χ4n) is 2.36. The number of rotatable bonds is 3. The molecule has 19 heavy (non-hydrogen) atoms. The zero-order valence-corrected chi connectivity index (χ0v) is 10.5. The summed E-state index contributed by atoms with van der Waals surface area (Å²) in [6.07, 6.45) is -0.145. The number of hydrogen-bond acceptors (Lipinski definition) is 3. The number of benzene rings is 2. The van der Waals surface area contributed by atoms with E-state index in [9.17, 15) is 5.11 Å². The number of ether oxygens (including phenoxy) is 2. The van der Waals surface area contributed by atoms with Crippen molar-refractivity contribution in [2.24, 2.45) is 0 Å². The van der Waals surface area contributed by atoms with Gasteiger partial charge in [-0.3, -0.25) is 0 Å². The molecule has 0 radical (unpaired) electrons. The Hall–Kier alpha value is -1.68. The first kappa shape index (κ1) is 12.4. The summed E-state index contributed by atoms with van der Waals surface area (Å²) >= 11 is 0. The van der Waals surface area contributed by atoms with E-state index in [0.717, 1.165) is 11.1 Å². The Morgan fingerprint density at radius 1 is 1.00 bits per heavy atom. The molecule has 0 saturated carbocycles. The lowest BCUT2D eigenvalue weighted by atomic mass is 10.1. The van der Waals surface area contributed by atoms with E-state index in [-0.39, 0.29) is 12.7 Å². The molecule has 0 aromatic heterocycles. The topological polar surface area (TPSA) is 38.7 Å². The second-order valence-electron chi connectivity index (χ2n) is 4.61. The van der Waals surface area contributed by atoms with Crippen molar-refractivity contribution >= 4 is 0 Å². The highest BCUT2D eigenvalue weighted by Crippen LogP contribution is 2.39. The third kappa shape index (κ3) is 2.28. The molecule has 2 atom stereocenters. The highest BCUT2D eigenvalue weighted by molar-refractivity contribution is 5.24. The minimum absolute atomic E-state index is 0.145. The van der Waals surface area contributed by atoms with Crippen LogP contribution in [0.15, 0.2) is 60.7 Å². The van der Waals surface area contributed by atoms with Gasteiger partial charge in [-0.15, -0.1) is 0 Å². The molecular weight excluding hydrogens is 240 g/mol. The molecule has 2 unspecified atom stereocenters. The van der Waals surface area contributed by atoms with Gasteiger partial charge in [0, 0.05) is 5.56 Å². The Balaban J connectivity index is 1.87. The van der Waals surface area contributed by atoms with Gasteiger partial charge in [0.2, 0.25) is 5.79 Å². The van der Waals surface area contributed by atoms with E-state index in [2.05, 4.69) is 0 Å². The molecular formula is C16H16O3. The summed E-state index contributed by atoms with van der Waals surface area (Å²) in [6.45, 7) is 0.250. The number of aliphatic hydroxyl groups is 1. The first-order chi connectivity index (χ1) is 9.34. The molecule has 1 aliphatic heterocycles. The maximum atomic E-state index is 9.68. The van der Waals surface area contributed by atoms with Gasteiger partial charge in [0.05, 0.1) is 6.61 Å². The first-order valence-corrected chi connectivity index (χ1v) is 6.37. The molecule has 98 valence electrons. The van der Waals surface area contributed by atoms with Crippen LogP contribution in [0.3, 0.4) is 0 Å². The zero-order chi connectivity index (χ0) is 13.1. The Morgan fingerprint density at radius 3 is 2.26 bits per heavy atom. The van der Waals surface area contributed by atoms with Crippen LogP contribution in [0.25, 0.3) is 0 Å². The van der Waals surface area contributed by atoms with Crippen LogP contribution in [0.4, 0.5) is 0 Å². The van der Waals surface area contributed by atoms with Crippen LogP contribution in [0.5, 0.6) is 0 Å². The molecule has 1 heterocycles. The first-order valence-electron chi connectivity index (χ1n) is 6.37. The van der Waals surface area contributed by atoms with E-state index >= 15 is 0 Å². The predicted molar refractivity (Wildman–Crippen MR) is 71.4 cm³/mol. The van der Waals surface area contributed by atoms with Gasteiger partial charge in [0.25, 0.3) is 0 Å². The highest BCUT2D eigenvalue weighted by atomic mass is 16.8. The third-order valence-corrected chi connectivity index (χ3v) is 3.39. The van der Waals surface area contributed by atoms with E-state index in [1.54, 1.807) is 0 Å². The zero-order valence-electron chi connectivity index (χ0n) is 10.5. The van der Waals surface area contributed by atoms with Gasteiger partial charge in [-0.25, -0.2) is 0 Å². The van der Waals surface area contributed by atoms with Crippen LogP contribution in [0.2, 0.25) is 0 Å². The Bertz CT molecular complexity index is 526. The summed E-state index contributed by atoms with van der Waals surface area (Å²) in [5.74, 6) is -1.04. The van der Waals surface area contributed by atoms with Crippen LogP contribution < -0.4 is 0 Å². The minimum atomic E-state index is -1.04. The summed E-state index contributed by atoms with van der Waals surface area (Å²) in [5, 5.41) is 9.68. The molecule has 2 aromatic carbocycles. The van der Waals surface area contributed by atoms with Crippen LogP contribution >= 0.6 is 0 Å². The number of aliphatic hydroxyl groups excluding tert-OH is 1. The van der Waals surface area contributed by atoms with Gasteiger partial charge in [0.1, 0.15) is 12.7 Å². The molecule has 0 bridgehead atoms. The Morgan fingerprint density at radius 2 is 1.63 bits per heavy atom.